The second kappa shape index (κ2) is 6.10. The standard InChI is InChI=1S/C16H25N3O/c1-2-19-10-4-5-12(11-19)17-14-6-3-7-15-13(14)8-9-16(20)18-15/h8-9,12,14,17H,2-7,10-11H2,1H3,(H,18,20). The van der Waals surface area contributed by atoms with Crippen LogP contribution >= 0.6 is 0 Å². The molecule has 1 saturated heterocycles. The van der Waals surface area contributed by atoms with Crippen LogP contribution in [0.2, 0.25) is 0 Å². The Kier molecular flexibility index (Phi) is 4.22. The number of aromatic nitrogens is 1. The van der Waals surface area contributed by atoms with E-state index < -0.39 is 0 Å². The first-order valence-corrected chi connectivity index (χ1v) is 7.96. The molecule has 4 nitrogen and oxygen atoms in total. The molecule has 110 valence electrons. The monoisotopic (exact) mass is 275 g/mol. The van der Waals surface area contributed by atoms with Crippen LogP contribution in [0.3, 0.4) is 0 Å². The molecule has 4 heteroatoms. The molecule has 2 unspecified atom stereocenters. The number of aromatic amines is 1. The molecule has 1 aliphatic carbocycles. The third-order valence-corrected chi connectivity index (χ3v) is 4.72. The number of piperidine rings is 1. The topological polar surface area (TPSA) is 48.1 Å². The van der Waals surface area contributed by atoms with Gasteiger partial charge in [-0.3, -0.25) is 4.79 Å². The molecule has 1 aliphatic heterocycles. The van der Waals surface area contributed by atoms with Crippen molar-refractivity contribution in [3.63, 3.8) is 0 Å². The lowest BCUT2D eigenvalue weighted by atomic mass is 9.90. The summed E-state index contributed by atoms with van der Waals surface area (Å²) < 4.78 is 0. The molecule has 1 aromatic heterocycles. The lowest BCUT2D eigenvalue weighted by Gasteiger charge is -2.36. The molecule has 0 spiro atoms. The molecule has 0 amide bonds. The Hall–Kier alpha value is -1.13. The number of fused-ring (bicyclic) bond motifs is 1. The zero-order valence-corrected chi connectivity index (χ0v) is 12.3. The van der Waals surface area contributed by atoms with Gasteiger partial charge in [0.25, 0.3) is 0 Å². The molecule has 0 bridgehead atoms. The Labute approximate surface area is 120 Å². The van der Waals surface area contributed by atoms with E-state index in [1.807, 2.05) is 6.07 Å². The number of rotatable bonds is 3. The molecule has 1 aromatic rings. The highest BCUT2D eigenvalue weighted by molar-refractivity contribution is 5.26. The van der Waals surface area contributed by atoms with Crippen molar-refractivity contribution in [2.75, 3.05) is 19.6 Å². The van der Waals surface area contributed by atoms with Gasteiger partial charge in [-0.25, -0.2) is 0 Å². The van der Waals surface area contributed by atoms with Crippen LogP contribution in [0.4, 0.5) is 0 Å². The number of hydrogen-bond donors (Lipinski definition) is 2. The smallest absolute Gasteiger partial charge is 0.248 e. The SMILES string of the molecule is CCN1CCCC(NC2CCCc3[nH]c(=O)ccc32)C1. The van der Waals surface area contributed by atoms with Crippen molar-refractivity contribution < 1.29 is 0 Å². The second-order valence-electron chi connectivity index (χ2n) is 6.10. The van der Waals surface area contributed by atoms with Crippen molar-refractivity contribution in [2.24, 2.45) is 0 Å². The largest absolute Gasteiger partial charge is 0.326 e. The molecule has 3 rings (SSSR count). The van der Waals surface area contributed by atoms with Gasteiger partial charge in [0, 0.05) is 30.4 Å². The Morgan fingerprint density at radius 3 is 3.10 bits per heavy atom. The average molecular weight is 275 g/mol. The number of likely N-dealkylation sites (N-methyl/N-ethyl adjacent to an activating group) is 1. The van der Waals surface area contributed by atoms with Gasteiger partial charge in [0.05, 0.1) is 0 Å². The first kappa shape index (κ1) is 13.8. The van der Waals surface area contributed by atoms with Crippen molar-refractivity contribution in [1.82, 2.24) is 15.2 Å². The highest BCUT2D eigenvalue weighted by Gasteiger charge is 2.25. The summed E-state index contributed by atoms with van der Waals surface area (Å²) in [5.74, 6) is 0. The summed E-state index contributed by atoms with van der Waals surface area (Å²) in [6.07, 6.45) is 5.91. The average Bonchev–Trinajstić information content (AvgIpc) is 2.47. The molecule has 0 aromatic carbocycles. The summed E-state index contributed by atoms with van der Waals surface area (Å²) in [6, 6.07) is 4.69. The number of nitrogens with one attached hydrogen (secondary N) is 2. The fourth-order valence-corrected chi connectivity index (χ4v) is 3.64. The molecule has 1 fully saturated rings. The number of H-pyrrole nitrogens is 1. The lowest BCUT2D eigenvalue weighted by Crippen LogP contribution is -2.47. The van der Waals surface area contributed by atoms with E-state index in [0.29, 0.717) is 12.1 Å². The summed E-state index contributed by atoms with van der Waals surface area (Å²) in [7, 11) is 0. The van der Waals surface area contributed by atoms with Crippen LogP contribution in [-0.2, 0) is 6.42 Å². The van der Waals surface area contributed by atoms with Crippen LogP contribution in [-0.4, -0.2) is 35.6 Å². The van der Waals surface area contributed by atoms with E-state index in [2.05, 4.69) is 22.1 Å². The van der Waals surface area contributed by atoms with Crippen LogP contribution in [0, 0.1) is 0 Å². The first-order chi connectivity index (χ1) is 9.76. The Balaban J connectivity index is 1.71. The minimum Gasteiger partial charge on any atom is -0.326 e. The summed E-state index contributed by atoms with van der Waals surface area (Å²) in [4.78, 5) is 17.0. The Morgan fingerprint density at radius 1 is 1.35 bits per heavy atom. The zero-order chi connectivity index (χ0) is 13.9. The minimum absolute atomic E-state index is 0.0271. The lowest BCUT2D eigenvalue weighted by molar-refractivity contribution is 0.187. The molecule has 0 saturated carbocycles. The van der Waals surface area contributed by atoms with Crippen LogP contribution in [0.1, 0.15) is 49.9 Å². The van der Waals surface area contributed by atoms with E-state index >= 15 is 0 Å². The summed E-state index contributed by atoms with van der Waals surface area (Å²) in [6.45, 7) is 5.78. The molecule has 2 heterocycles. The van der Waals surface area contributed by atoms with E-state index in [1.54, 1.807) is 6.07 Å². The van der Waals surface area contributed by atoms with Crippen LogP contribution in [0.5, 0.6) is 0 Å². The van der Waals surface area contributed by atoms with Crippen molar-refractivity contribution in [3.8, 4) is 0 Å². The molecule has 2 atom stereocenters. The van der Waals surface area contributed by atoms with Gasteiger partial charge >= 0.3 is 0 Å². The van der Waals surface area contributed by atoms with Gasteiger partial charge in [0.2, 0.25) is 5.56 Å². The third kappa shape index (κ3) is 2.96. The van der Waals surface area contributed by atoms with Gasteiger partial charge < -0.3 is 15.2 Å². The van der Waals surface area contributed by atoms with Crippen LogP contribution in [0.25, 0.3) is 0 Å². The molecular weight excluding hydrogens is 250 g/mol. The van der Waals surface area contributed by atoms with E-state index in [9.17, 15) is 4.79 Å². The number of aryl methyl sites for hydroxylation is 1. The highest BCUT2D eigenvalue weighted by Crippen LogP contribution is 2.28. The number of hydrogen-bond acceptors (Lipinski definition) is 3. The quantitative estimate of drug-likeness (QED) is 0.885. The van der Waals surface area contributed by atoms with Gasteiger partial charge in [-0.15, -0.1) is 0 Å². The van der Waals surface area contributed by atoms with E-state index in [0.717, 1.165) is 31.6 Å². The molecule has 2 aliphatic rings. The summed E-state index contributed by atoms with van der Waals surface area (Å²) in [5, 5.41) is 3.83. The van der Waals surface area contributed by atoms with E-state index in [1.165, 1.54) is 31.4 Å². The maximum atomic E-state index is 11.4. The fourth-order valence-electron chi connectivity index (χ4n) is 3.64. The van der Waals surface area contributed by atoms with Crippen LogP contribution < -0.4 is 10.9 Å². The maximum absolute atomic E-state index is 11.4. The normalized spacial score (nSPS) is 27.2. The fraction of sp³-hybridized carbons (Fsp3) is 0.688. The van der Waals surface area contributed by atoms with Gasteiger partial charge in [0.15, 0.2) is 0 Å². The Bertz CT molecular complexity index is 511. The molecule has 20 heavy (non-hydrogen) atoms. The number of likely N-dealkylation sites (tertiary alicyclic amines) is 1. The van der Waals surface area contributed by atoms with Gasteiger partial charge in [-0.2, -0.15) is 0 Å². The summed E-state index contributed by atoms with van der Waals surface area (Å²) in [5.41, 5.74) is 2.48. The van der Waals surface area contributed by atoms with E-state index in [-0.39, 0.29) is 5.56 Å². The van der Waals surface area contributed by atoms with Crippen molar-refractivity contribution in [1.29, 1.82) is 0 Å². The number of nitrogens with zero attached hydrogens (tertiary/aromatic N) is 1. The highest BCUT2D eigenvalue weighted by atomic mass is 16.1. The third-order valence-electron chi connectivity index (χ3n) is 4.72. The second-order valence-corrected chi connectivity index (χ2v) is 6.10. The van der Waals surface area contributed by atoms with E-state index in [4.69, 9.17) is 0 Å². The van der Waals surface area contributed by atoms with Crippen LogP contribution in [0.15, 0.2) is 16.9 Å². The zero-order valence-electron chi connectivity index (χ0n) is 12.3. The molecule has 0 radical (unpaired) electrons. The van der Waals surface area contributed by atoms with Crippen molar-refractivity contribution in [3.05, 3.63) is 33.7 Å². The predicted molar refractivity (Wildman–Crippen MR) is 81.0 cm³/mol. The number of pyridine rings is 1. The molecule has 2 N–H and O–H groups in total. The summed E-state index contributed by atoms with van der Waals surface area (Å²) >= 11 is 0. The predicted octanol–water partition coefficient (Wildman–Crippen LogP) is 1.83. The first-order valence-electron chi connectivity index (χ1n) is 7.96. The molecular formula is C16H25N3O. The Morgan fingerprint density at radius 2 is 2.25 bits per heavy atom. The van der Waals surface area contributed by atoms with Gasteiger partial charge in [-0.05, 0) is 50.8 Å². The van der Waals surface area contributed by atoms with Crippen molar-refractivity contribution in [2.45, 2.75) is 51.1 Å². The maximum Gasteiger partial charge on any atom is 0.248 e. The minimum atomic E-state index is 0.0271. The van der Waals surface area contributed by atoms with Gasteiger partial charge in [-0.1, -0.05) is 13.0 Å². The van der Waals surface area contributed by atoms with Gasteiger partial charge in [0.1, 0.15) is 0 Å². The van der Waals surface area contributed by atoms with Crippen molar-refractivity contribution >= 4 is 0 Å².